The predicted octanol–water partition coefficient (Wildman–Crippen LogP) is 4.67. The second kappa shape index (κ2) is 9.74. The molecule has 164 valence electrons. The molecule has 0 bridgehead atoms. The van der Waals surface area contributed by atoms with Gasteiger partial charge in [-0.3, -0.25) is 9.59 Å². The van der Waals surface area contributed by atoms with E-state index in [1.807, 2.05) is 30.3 Å². The Labute approximate surface area is 189 Å². The summed E-state index contributed by atoms with van der Waals surface area (Å²) in [5.74, 6) is -0.179. The van der Waals surface area contributed by atoms with E-state index in [4.69, 9.17) is 9.15 Å². The van der Waals surface area contributed by atoms with E-state index < -0.39 is 5.97 Å². The van der Waals surface area contributed by atoms with Crippen molar-refractivity contribution < 1.29 is 23.5 Å². The van der Waals surface area contributed by atoms with Gasteiger partial charge >= 0.3 is 5.97 Å². The molecule has 0 radical (unpaired) electrons. The molecule has 0 saturated heterocycles. The van der Waals surface area contributed by atoms with Crippen LogP contribution in [0.5, 0.6) is 0 Å². The lowest BCUT2D eigenvalue weighted by Gasteiger charge is -2.22. The topological polar surface area (TPSA) is 88.9 Å². The van der Waals surface area contributed by atoms with Crippen molar-refractivity contribution in [2.75, 3.05) is 23.4 Å². The number of ether oxygens (including phenoxy) is 1. The number of carbonyl (C=O) groups excluding carboxylic acids is 3. The third-order valence-electron chi connectivity index (χ3n) is 4.93. The fraction of sp³-hybridized carbons (Fsp3) is 0.208. The van der Waals surface area contributed by atoms with Gasteiger partial charge in [0.25, 0.3) is 0 Å². The van der Waals surface area contributed by atoms with Gasteiger partial charge in [-0.25, -0.2) is 4.79 Å². The number of esters is 1. The number of benzene rings is 2. The van der Waals surface area contributed by atoms with Gasteiger partial charge in [0, 0.05) is 17.0 Å². The summed E-state index contributed by atoms with van der Waals surface area (Å²) in [6, 6.07) is 17.6. The monoisotopic (exact) mass is 450 g/mol. The quantitative estimate of drug-likeness (QED) is 0.549. The molecule has 1 atom stereocenters. The summed E-state index contributed by atoms with van der Waals surface area (Å²) in [6.45, 7) is 1.91. The van der Waals surface area contributed by atoms with E-state index in [9.17, 15) is 14.4 Å². The van der Waals surface area contributed by atoms with E-state index in [1.165, 1.54) is 4.90 Å². The maximum atomic E-state index is 13.1. The van der Waals surface area contributed by atoms with Crippen LogP contribution >= 0.6 is 11.8 Å². The van der Waals surface area contributed by atoms with Gasteiger partial charge in [-0.15, -0.1) is 11.8 Å². The minimum absolute atomic E-state index is 0.124. The van der Waals surface area contributed by atoms with Gasteiger partial charge in [-0.2, -0.15) is 0 Å². The number of hydrogen-bond donors (Lipinski definition) is 1. The SMILES string of the molecule is CCOC(=O)c1ccc(NC(=O)CN2C(=O)CC(c3ccco3)Sc3ccccc32)cc1. The Bertz CT molecular complexity index is 1110. The highest BCUT2D eigenvalue weighted by atomic mass is 32.2. The van der Waals surface area contributed by atoms with Crippen molar-refractivity contribution in [3.05, 3.63) is 78.3 Å². The first-order chi connectivity index (χ1) is 15.5. The summed E-state index contributed by atoms with van der Waals surface area (Å²) in [5, 5.41) is 2.62. The molecule has 1 unspecified atom stereocenters. The molecule has 1 aromatic heterocycles. The molecule has 1 aliphatic heterocycles. The smallest absolute Gasteiger partial charge is 0.338 e. The molecule has 0 fully saturated rings. The molecule has 32 heavy (non-hydrogen) atoms. The summed E-state index contributed by atoms with van der Waals surface area (Å²) >= 11 is 1.55. The molecule has 0 saturated carbocycles. The van der Waals surface area contributed by atoms with E-state index in [0.717, 1.165) is 10.7 Å². The van der Waals surface area contributed by atoms with Gasteiger partial charge in [0.1, 0.15) is 12.3 Å². The average Bonchev–Trinajstić information content (AvgIpc) is 3.29. The zero-order chi connectivity index (χ0) is 22.5. The van der Waals surface area contributed by atoms with Gasteiger partial charge in [-0.1, -0.05) is 12.1 Å². The van der Waals surface area contributed by atoms with Crippen LogP contribution in [0.2, 0.25) is 0 Å². The second-order valence-electron chi connectivity index (χ2n) is 7.12. The molecule has 1 aliphatic rings. The third kappa shape index (κ3) is 4.86. The minimum atomic E-state index is -0.416. The molecule has 2 amide bonds. The minimum Gasteiger partial charge on any atom is -0.468 e. The molecule has 8 heteroatoms. The number of nitrogens with one attached hydrogen (secondary N) is 1. The summed E-state index contributed by atoms with van der Waals surface area (Å²) in [7, 11) is 0. The number of amides is 2. The molecule has 2 aromatic carbocycles. The molecular weight excluding hydrogens is 428 g/mol. The van der Waals surface area contributed by atoms with E-state index in [2.05, 4.69) is 5.32 Å². The van der Waals surface area contributed by atoms with E-state index in [-0.39, 0.29) is 30.0 Å². The highest BCUT2D eigenvalue weighted by Crippen LogP contribution is 2.45. The summed E-state index contributed by atoms with van der Waals surface area (Å²) in [5.41, 5.74) is 1.63. The Kier molecular flexibility index (Phi) is 6.61. The van der Waals surface area contributed by atoms with Crippen LogP contribution in [0.3, 0.4) is 0 Å². The van der Waals surface area contributed by atoms with Crippen molar-refractivity contribution in [3.63, 3.8) is 0 Å². The number of thioether (sulfide) groups is 1. The van der Waals surface area contributed by atoms with Gasteiger partial charge in [0.15, 0.2) is 0 Å². The van der Waals surface area contributed by atoms with E-state index in [0.29, 0.717) is 23.5 Å². The van der Waals surface area contributed by atoms with Gasteiger partial charge in [-0.05, 0) is 55.5 Å². The van der Waals surface area contributed by atoms with Crippen LogP contribution in [0, 0.1) is 0 Å². The number of para-hydroxylation sites is 1. The Morgan fingerprint density at radius 3 is 2.62 bits per heavy atom. The van der Waals surface area contributed by atoms with E-state index in [1.54, 1.807) is 55.3 Å². The molecule has 0 aliphatic carbocycles. The molecular formula is C24H22N2O5S. The highest BCUT2D eigenvalue weighted by molar-refractivity contribution is 7.99. The number of carbonyl (C=O) groups is 3. The highest BCUT2D eigenvalue weighted by Gasteiger charge is 2.31. The Balaban J connectivity index is 1.49. The fourth-order valence-corrected chi connectivity index (χ4v) is 4.67. The van der Waals surface area contributed by atoms with Gasteiger partial charge < -0.3 is 19.4 Å². The molecule has 3 aromatic rings. The Morgan fingerprint density at radius 2 is 1.91 bits per heavy atom. The predicted molar refractivity (Wildman–Crippen MR) is 122 cm³/mol. The van der Waals surface area contributed by atoms with Crippen LogP contribution in [0.25, 0.3) is 0 Å². The molecule has 7 nitrogen and oxygen atoms in total. The van der Waals surface area contributed by atoms with Crippen molar-refractivity contribution in [2.24, 2.45) is 0 Å². The first-order valence-corrected chi connectivity index (χ1v) is 11.1. The largest absolute Gasteiger partial charge is 0.468 e. The number of fused-ring (bicyclic) bond motifs is 1. The van der Waals surface area contributed by atoms with Crippen molar-refractivity contribution in [2.45, 2.75) is 23.5 Å². The zero-order valence-corrected chi connectivity index (χ0v) is 18.3. The summed E-state index contributed by atoms with van der Waals surface area (Å²) in [6.07, 6.45) is 1.81. The lowest BCUT2D eigenvalue weighted by molar-refractivity contribution is -0.121. The molecule has 2 heterocycles. The fourth-order valence-electron chi connectivity index (χ4n) is 3.43. The lowest BCUT2D eigenvalue weighted by Crippen LogP contribution is -2.38. The van der Waals surface area contributed by atoms with Crippen LogP contribution in [-0.2, 0) is 14.3 Å². The van der Waals surface area contributed by atoms with Crippen molar-refractivity contribution in [3.8, 4) is 0 Å². The van der Waals surface area contributed by atoms with Crippen LogP contribution in [0.1, 0.15) is 34.7 Å². The first kappa shape index (κ1) is 21.7. The zero-order valence-electron chi connectivity index (χ0n) is 17.4. The van der Waals surface area contributed by atoms with Crippen molar-refractivity contribution >= 4 is 40.9 Å². The number of hydrogen-bond acceptors (Lipinski definition) is 6. The molecule has 1 N–H and O–H groups in total. The second-order valence-corrected chi connectivity index (χ2v) is 8.36. The summed E-state index contributed by atoms with van der Waals surface area (Å²) < 4.78 is 10.5. The first-order valence-electron chi connectivity index (χ1n) is 10.2. The molecule has 0 spiro atoms. The average molecular weight is 451 g/mol. The normalized spacial score (nSPS) is 15.6. The van der Waals surface area contributed by atoms with Gasteiger partial charge in [0.2, 0.25) is 11.8 Å². The van der Waals surface area contributed by atoms with Crippen molar-refractivity contribution in [1.82, 2.24) is 0 Å². The van der Waals surface area contributed by atoms with Crippen LogP contribution in [0.15, 0.2) is 76.2 Å². The molecule has 4 rings (SSSR count). The maximum absolute atomic E-state index is 13.1. The van der Waals surface area contributed by atoms with Crippen molar-refractivity contribution in [1.29, 1.82) is 0 Å². The number of anilines is 2. The maximum Gasteiger partial charge on any atom is 0.338 e. The van der Waals surface area contributed by atoms with Crippen LogP contribution < -0.4 is 10.2 Å². The third-order valence-corrected chi connectivity index (χ3v) is 6.21. The number of nitrogens with zero attached hydrogens (tertiary/aromatic N) is 1. The number of rotatable bonds is 6. The summed E-state index contributed by atoms with van der Waals surface area (Å²) in [4.78, 5) is 40.0. The van der Waals surface area contributed by atoms with Crippen LogP contribution in [-0.4, -0.2) is 30.9 Å². The standard InChI is InChI=1S/C24H22N2O5S/c1-2-30-24(29)16-9-11-17(12-10-16)25-22(27)15-26-18-6-3-4-8-20(18)32-21(14-23(26)28)19-7-5-13-31-19/h3-13,21H,2,14-15H2,1H3,(H,25,27). The van der Waals surface area contributed by atoms with Crippen LogP contribution in [0.4, 0.5) is 11.4 Å². The number of furan rings is 1. The Morgan fingerprint density at radius 1 is 1.12 bits per heavy atom. The van der Waals surface area contributed by atoms with Gasteiger partial charge in [0.05, 0.1) is 29.4 Å². The van der Waals surface area contributed by atoms with E-state index >= 15 is 0 Å². The Hall–Kier alpha value is -3.52. The lowest BCUT2D eigenvalue weighted by atomic mass is 10.2.